The van der Waals surface area contributed by atoms with E-state index in [1.165, 1.54) is 11.7 Å². The summed E-state index contributed by atoms with van der Waals surface area (Å²) in [6, 6.07) is 6.85. The van der Waals surface area contributed by atoms with Crippen LogP contribution in [0.15, 0.2) is 29.1 Å². The Labute approximate surface area is 121 Å². The van der Waals surface area contributed by atoms with Crippen LogP contribution in [-0.2, 0) is 11.3 Å². The SMILES string of the molecule is COCCn1c(C(=O)NCCO)nc2ccccc2c1=O. The number of amides is 1. The van der Waals surface area contributed by atoms with E-state index in [9.17, 15) is 9.59 Å². The Balaban J connectivity index is 2.54. The van der Waals surface area contributed by atoms with Crippen molar-refractivity contribution in [3.63, 3.8) is 0 Å². The highest BCUT2D eigenvalue weighted by Gasteiger charge is 2.16. The van der Waals surface area contributed by atoms with Crippen molar-refractivity contribution in [1.82, 2.24) is 14.9 Å². The number of hydrogen-bond donors (Lipinski definition) is 2. The molecule has 0 saturated heterocycles. The van der Waals surface area contributed by atoms with Crippen LogP contribution in [-0.4, -0.2) is 47.4 Å². The molecule has 2 N–H and O–H groups in total. The van der Waals surface area contributed by atoms with Crippen molar-refractivity contribution >= 4 is 16.8 Å². The third kappa shape index (κ3) is 3.26. The van der Waals surface area contributed by atoms with Gasteiger partial charge in [-0.3, -0.25) is 14.2 Å². The molecule has 1 aromatic carbocycles. The van der Waals surface area contributed by atoms with Gasteiger partial charge in [0.25, 0.3) is 11.5 Å². The van der Waals surface area contributed by atoms with E-state index in [2.05, 4.69) is 10.3 Å². The number of carbonyl (C=O) groups excluding carboxylic acids is 1. The van der Waals surface area contributed by atoms with Crippen LogP contribution in [0.4, 0.5) is 0 Å². The molecule has 0 unspecified atom stereocenters. The number of para-hydroxylation sites is 1. The number of methoxy groups -OCH3 is 1. The normalized spacial score (nSPS) is 10.8. The second-order valence-electron chi connectivity index (χ2n) is 4.38. The number of fused-ring (bicyclic) bond motifs is 1. The Bertz CT molecular complexity index is 696. The van der Waals surface area contributed by atoms with Gasteiger partial charge in [-0.1, -0.05) is 12.1 Å². The number of hydrogen-bond acceptors (Lipinski definition) is 5. The van der Waals surface area contributed by atoms with Crippen LogP contribution in [0.1, 0.15) is 10.6 Å². The van der Waals surface area contributed by atoms with E-state index >= 15 is 0 Å². The molecule has 2 rings (SSSR count). The van der Waals surface area contributed by atoms with Gasteiger partial charge in [-0.2, -0.15) is 0 Å². The highest BCUT2D eigenvalue weighted by molar-refractivity contribution is 5.93. The molecule has 0 atom stereocenters. The first-order valence-corrected chi connectivity index (χ1v) is 6.56. The molecule has 112 valence electrons. The molecule has 0 aliphatic rings. The van der Waals surface area contributed by atoms with E-state index in [4.69, 9.17) is 9.84 Å². The van der Waals surface area contributed by atoms with Gasteiger partial charge < -0.3 is 15.2 Å². The lowest BCUT2D eigenvalue weighted by Crippen LogP contribution is -2.35. The summed E-state index contributed by atoms with van der Waals surface area (Å²) < 4.78 is 6.26. The quantitative estimate of drug-likeness (QED) is 0.766. The highest BCUT2D eigenvalue weighted by atomic mass is 16.5. The third-order valence-electron chi connectivity index (χ3n) is 2.98. The number of rotatable bonds is 6. The van der Waals surface area contributed by atoms with Crippen molar-refractivity contribution in [3.8, 4) is 0 Å². The number of nitrogens with one attached hydrogen (secondary N) is 1. The van der Waals surface area contributed by atoms with E-state index < -0.39 is 5.91 Å². The average Bonchev–Trinajstić information content (AvgIpc) is 2.51. The highest BCUT2D eigenvalue weighted by Crippen LogP contribution is 2.08. The monoisotopic (exact) mass is 291 g/mol. The van der Waals surface area contributed by atoms with Crippen LogP contribution >= 0.6 is 0 Å². The van der Waals surface area contributed by atoms with E-state index in [1.54, 1.807) is 24.3 Å². The predicted octanol–water partition coefficient (Wildman–Crippen LogP) is -0.235. The molecule has 7 heteroatoms. The first-order chi connectivity index (χ1) is 10.2. The number of aromatic nitrogens is 2. The fourth-order valence-electron chi connectivity index (χ4n) is 1.98. The summed E-state index contributed by atoms with van der Waals surface area (Å²) in [6.07, 6.45) is 0. The summed E-state index contributed by atoms with van der Waals surface area (Å²) >= 11 is 0. The summed E-state index contributed by atoms with van der Waals surface area (Å²) in [5.41, 5.74) is 0.178. The Hall–Kier alpha value is -2.25. The van der Waals surface area contributed by atoms with Gasteiger partial charge in [-0.05, 0) is 12.1 Å². The van der Waals surface area contributed by atoms with Crippen LogP contribution in [0, 0.1) is 0 Å². The van der Waals surface area contributed by atoms with Gasteiger partial charge in [0.2, 0.25) is 5.82 Å². The van der Waals surface area contributed by atoms with Gasteiger partial charge in [0, 0.05) is 13.7 Å². The number of ether oxygens (including phenoxy) is 1. The zero-order chi connectivity index (χ0) is 15.2. The minimum Gasteiger partial charge on any atom is -0.395 e. The Kier molecular flexibility index (Phi) is 5.02. The first-order valence-electron chi connectivity index (χ1n) is 6.56. The summed E-state index contributed by atoms with van der Waals surface area (Å²) in [5, 5.41) is 11.7. The van der Waals surface area contributed by atoms with Crippen LogP contribution in [0.25, 0.3) is 10.9 Å². The number of aliphatic hydroxyl groups excluding tert-OH is 1. The van der Waals surface area contributed by atoms with Crippen LogP contribution in [0.3, 0.4) is 0 Å². The molecule has 0 fully saturated rings. The van der Waals surface area contributed by atoms with E-state index in [0.717, 1.165) is 0 Å². The summed E-state index contributed by atoms with van der Waals surface area (Å²) in [6.45, 7) is 0.447. The van der Waals surface area contributed by atoms with Crippen molar-refractivity contribution in [2.24, 2.45) is 0 Å². The molecule has 1 amide bonds. The summed E-state index contributed by atoms with van der Waals surface area (Å²) in [7, 11) is 1.52. The number of benzene rings is 1. The smallest absolute Gasteiger partial charge is 0.287 e. The van der Waals surface area contributed by atoms with Crippen molar-refractivity contribution in [1.29, 1.82) is 0 Å². The first kappa shape index (κ1) is 15.1. The molecule has 21 heavy (non-hydrogen) atoms. The van der Waals surface area contributed by atoms with Crippen molar-refractivity contribution in [3.05, 3.63) is 40.4 Å². The summed E-state index contributed by atoms with van der Waals surface area (Å²) in [5.74, 6) is -0.479. The van der Waals surface area contributed by atoms with E-state index in [0.29, 0.717) is 17.5 Å². The predicted molar refractivity (Wildman–Crippen MR) is 77.3 cm³/mol. The minimum atomic E-state index is -0.497. The van der Waals surface area contributed by atoms with Crippen LogP contribution in [0.2, 0.25) is 0 Å². The standard InChI is InChI=1S/C14H17N3O4/c1-21-9-7-17-12(13(19)15-6-8-18)16-11-5-3-2-4-10(11)14(17)20/h2-5,18H,6-9H2,1H3,(H,15,19). The van der Waals surface area contributed by atoms with Gasteiger partial charge >= 0.3 is 0 Å². The molecule has 2 aromatic rings. The van der Waals surface area contributed by atoms with Gasteiger partial charge in [-0.15, -0.1) is 0 Å². The van der Waals surface area contributed by atoms with E-state index in [1.807, 2.05) is 0 Å². The van der Waals surface area contributed by atoms with Crippen LogP contribution in [0.5, 0.6) is 0 Å². The molecule has 0 bridgehead atoms. The van der Waals surface area contributed by atoms with Crippen molar-refractivity contribution < 1.29 is 14.6 Å². The Morgan fingerprint density at radius 1 is 1.43 bits per heavy atom. The zero-order valence-corrected chi connectivity index (χ0v) is 11.7. The fourth-order valence-corrected chi connectivity index (χ4v) is 1.98. The zero-order valence-electron chi connectivity index (χ0n) is 11.7. The lowest BCUT2D eigenvalue weighted by atomic mass is 10.2. The maximum absolute atomic E-state index is 12.5. The molecular weight excluding hydrogens is 274 g/mol. The van der Waals surface area contributed by atoms with Gasteiger partial charge in [0.05, 0.1) is 30.7 Å². The number of nitrogens with zero attached hydrogens (tertiary/aromatic N) is 2. The topological polar surface area (TPSA) is 93.4 Å². The third-order valence-corrected chi connectivity index (χ3v) is 2.98. The van der Waals surface area contributed by atoms with E-state index in [-0.39, 0.29) is 31.1 Å². The van der Waals surface area contributed by atoms with Crippen LogP contribution < -0.4 is 10.9 Å². The lowest BCUT2D eigenvalue weighted by molar-refractivity contribution is 0.0925. The second kappa shape index (κ2) is 6.96. The van der Waals surface area contributed by atoms with Crippen molar-refractivity contribution in [2.75, 3.05) is 26.9 Å². The fraction of sp³-hybridized carbons (Fsp3) is 0.357. The molecule has 0 aliphatic carbocycles. The molecular formula is C14H17N3O4. The molecule has 0 spiro atoms. The molecule has 7 nitrogen and oxygen atoms in total. The average molecular weight is 291 g/mol. The molecule has 0 saturated carbocycles. The number of carbonyl (C=O) groups is 1. The maximum atomic E-state index is 12.5. The maximum Gasteiger partial charge on any atom is 0.287 e. The molecule has 1 heterocycles. The lowest BCUT2D eigenvalue weighted by Gasteiger charge is -2.12. The molecule has 0 radical (unpaired) electrons. The van der Waals surface area contributed by atoms with Crippen molar-refractivity contribution in [2.45, 2.75) is 6.54 Å². The van der Waals surface area contributed by atoms with Gasteiger partial charge in [0.15, 0.2) is 0 Å². The molecule has 1 aromatic heterocycles. The largest absolute Gasteiger partial charge is 0.395 e. The van der Waals surface area contributed by atoms with Gasteiger partial charge in [-0.25, -0.2) is 4.98 Å². The second-order valence-corrected chi connectivity index (χ2v) is 4.38. The minimum absolute atomic E-state index is 0.0178. The van der Waals surface area contributed by atoms with Gasteiger partial charge in [0.1, 0.15) is 0 Å². The Morgan fingerprint density at radius 3 is 2.90 bits per heavy atom. The number of aliphatic hydroxyl groups is 1. The Morgan fingerprint density at radius 2 is 2.19 bits per heavy atom. The molecule has 0 aliphatic heterocycles. The summed E-state index contributed by atoms with van der Waals surface area (Å²) in [4.78, 5) is 28.8.